The number of carbonyl (C=O) groups is 11. The number of nitrogens with one attached hydrogen (secondary N) is 8. The lowest BCUT2D eigenvalue weighted by Gasteiger charge is -2.29. The van der Waals surface area contributed by atoms with Crippen molar-refractivity contribution in [3.8, 4) is 5.75 Å². The van der Waals surface area contributed by atoms with Crippen LogP contribution in [0.15, 0.2) is 24.3 Å². The number of sulfone groups is 1. The van der Waals surface area contributed by atoms with E-state index in [1.807, 2.05) is 0 Å². The van der Waals surface area contributed by atoms with Crippen LogP contribution in [0, 0.1) is 11.8 Å². The second kappa shape index (κ2) is 28.6. The molecule has 1 fully saturated rings. The lowest BCUT2D eigenvalue weighted by atomic mass is 9.96. The van der Waals surface area contributed by atoms with E-state index in [-0.39, 0.29) is 43.8 Å². The maximum Gasteiger partial charge on any atom is 0.243 e. The van der Waals surface area contributed by atoms with Gasteiger partial charge in [-0.05, 0) is 55.2 Å². The summed E-state index contributed by atoms with van der Waals surface area (Å²) in [6.45, 7) is 7.98. The summed E-state index contributed by atoms with van der Waals surface area (Å²) in [5.41, 5.74) is 16.4. The van der Waals surface area contributed by atoms with E-state index in [0.717, 1.165) is 0 Å². The van der Waals surface area contributed by atoms with Crippen LogP contribution in [0.3, 0.4) is 0 Å². The van der Waals surface area contributed by atoms with Gasteiger partial charge in [0.15, 0.2) is 9.84 Å². The Morgan fingerprint density at radius 3 is 1.91 bits per heavy atom. The van der Waals surface area contributed by atoms with Gasteiger partial charge in [-0.3, -0.25) is 52.7 Å². The van der Waals surface area contributed by atoms with E-state index in [0.29, 0.717) is 5.56 Å². The summed E-state index contributed by atoms with van der Waals surface area (Å²) in [7, 11) is -4.29. The smallest absolute Gasteiger partial charge is 0.243 e. The molecule has 0 radical (unpaired) electrons. The standard InChI is InChI=1S/C44H69N11O14S/c1-6-8-27(39(62)53-30(19-23(3)4)38(61)48-22-35(47)59)50-41(64)29-15-17-70(68,69)18-16-36(60)49-31(20-25-9-11-26(56)12-10-25)43(66)55-37(24(5)7-2)44(67)52-28(13-14-33(45)57)40(63)54-32(21-34(46)58)42(65)51-29/h9-12,23-24,27-32,37,56H,6-8,13-22H2,1-5H3,(H2,45,57)(H2,46,58)(H2,47,59)(H,48,61)(H,49,60)(H,50,64)(H,51,65)(H,52,67)(H,53,62)(H,54,63)(H,55,66)/t24-,27-,28-,29-,30-,31-,32-,37-/m0/s1. The molecule has 0 unspecified atom stereocenters. The van der Waals surface area contributed by atoms with Crippen LogP contribution in [0.5, 0.6) is 5.75 Å². The van der Waals surface area contributed by atoms with Gasteiger partial charge in [-0.1, -0.05) is 59.6 Å². The fourth-order valence-corrected chi connectivity index (χ4v) is 8.39. The van der Waals surface area contributed by atoms with E-state index in [2.05, 4.69) is 42.5 Å². The maximum atomic E-state index is 14.1. The van der Waals surface area contributed by atoms with Crippen LogP contribution in [0.4, 0.5) is 0 Å². The van der Waals surface area contributed by atoms with Crippen LogP contribution in [0.1, 0.15) is 98.0 Å². The number of primary amides is 3. The Kier molecular flexibility index (Phi) is 24.2. The Hall–Kier alpha value is -6.86. The SMILES string of the molecule is CCC[C@H](NC(=O)[C@@H]1CCS(=O)(=O)CCC(=O)N[C@@H](Cc2ccc(O)cc2)C(=O)N[C@@H]([C@@H](C)CC)C(=O)N[C@@H](CCC(N)=O)C(=O)N[C@@H](CC(N)=O)C(=O)N1)C(=O)N[C@@H](CC(C)C)C(=O)NCC(N)=O. The Morgan fingerprint density at radius 2 is 1.34 bits per heavy atom. The Balaban J connectivity index is 2.69. The number of hydrogen-bond acceptors (Lipinski definition) is 14. The normalized spacial score (nSPS) is 22.0. The number of phenolic OH excluding ortho intramolecular Hbond substituents is 1. The van der Waals surface area contributed by atoms with Gasteiger partial charge in [0, 0.05) is 19.3 Å². The van der Waals surface area contributed by atoms with Crippen LogP contribution < -0.4 is 59.7 Å². The first-order valence-corrected chi connectivity index (χ1v) is 24.8. The molecule has 1 aromatic rings. The summed E-state index contributed by atoms with van der Waals surface area (Å²) < 4.78 is 27.1. The van der Waals surface area contributed by atoms with Gasteiger partial charge in [0.25, 0.3) is 0 Å². The first-order valence-electron chi connectivity index (χ1n) is 23.0. The highest BCUT2D eigenvalue weighted by Gasteiger charge is 2.37. The van der Waals surface area contributed by atoms with Crippen molar-refractivity contribution in [1.82, 2.24) is 42.5 Å². The molecule has 25 nitrogen and oxygen atoms in total. The number of amides is 11. The van der Waals surface area contributed by atoms with Crippen molar-refractivity contribution in [2.24, 2.45) is 29.0 Å². The zero-order chi connectivity index (χ0) is 52.9. The lowest BCUT2D eigenvalue weighted by Crippen LogP contribution is -2.61. The molecule has 1 heterocycles. The van der Waals surface area contributed by atoms with Gasteiger partial charge < -0.3 is 64.8 Å². The summed E-state index contributed by atoms with van der Waals surface area (Å²) in [6.07, 6.45) is -2.80. The Bertz CT molecular complexity index is 2170. The van der Waals surface area contributed by atoms with Crippen molar-refractivity contribution in [2.45, 2.75) is 141 Å². The predicted octanol–water partition coefficient (Wildman–Crippen LogP) is -3.83. The van der Waals surface area contributed by atoms with E-state index >= 15 is 0 Å². The number of carbonyl (C=O) groups excluding carboxylic acids is 11. The molecule has 11 amide bonds. The fourth-order valence-electron chi connectivity index (χ4n) is 7.09. The molecule has 26 heteroatoms. The molecule has 1 aliphatic heterocycles. The highest BCUT2D eigenvalue weighted by atomic mass is 32.2. The van der Waals surface area contributed by atoms with E-state index in [4.69, 9.17) is 17.2 Å². The van der Waals surface area contributed by atoms with Crippen LogP contribution in [0.2, 0.25) is 0 Å². The molecule has 2 rings (SSSR count). The zero-order valence-electron chi connectivity index (χ0n) is 40.1. The third-order valence-corrected chi connectivity index (χ3v) is 12.8. The molecule has 0 bridgehead atoms. The van der Waals surface area contributed by atoms with Crippen molar-refractivity contribution in [3.63, 3.8) is 0 Å². The molecule has 1 saturated heterocycles. The number of hydrogen-bond donors (Lipinski definition) is 12. The predicted molar refractivity (Wildman–Crippen MR) is 251 cm³/mol. The first-order chi connectivity index (χ1) is 32.7. The van der Waals surface area contributed by atoms with Gasteiger partial charge in [-0.15, -0.1) is 0 Å². The van der Waals surface area contributed by atoms with Crippen molar-refractivity contribution in [2.75, 3.05) is 18.1 Å². The minimum Gasteiger partial charge on any atom is -0.508 e. The average Bonchev–Trinajstić information content (AvgIpc) is 3.27. The van der Waals surface area contributed by atoms with Gasteiger partial charge in [-0.2, -0.15) is 0 Å². The van der Waals surface area contributed by atoms with Crippen LogP contribution in [0.25, 0.3) is 0 Å². The quantitative estimate of drug-likeness (QED) is 0.0596. The van der Waals surface area contributed by atoms with E-state index in [9.17, 15) is 66.3 Å². The summed E-state index contributed by atoms with van der Waals surface area (Å²) in [4.78, 5) is 146. The molecule has 0 aromatic heterocycles. The zero-order valence-corrected chi connectivity index (χ0v) is 40.9. The maximum absolute atomic E-state index is 14.1. The van der Waals surface area contributed by atoms with Gasteiger partial charge in [0.2, 0.25) is 65.0 Å². The highest BCUT2D eigenvalue weighted by Crippen LogP contribution is 2.15. The summed E-state index contributed by atoms with van der Waals surface area (Å²) in [5, 5.41) is 29.3. The number of aromatic hydroxyl groups is 1. The Morgan fingerprint density at radius 1 is 0.729 bits per heavy atom. The number of benzene rings is 1. The number of rotatable bonds is 20. The van der Waals surface area contributed by atoms with Crippen molar-refractivity contribution in [1.29, 1.82) is 0 Å². The van der Waals surface area contributed by atoms with Gasteiger partial charge >= 0.3 is 0 Å². The van der Waals surface area contributed by atoms with E-state index in [1.165, 1.54) is 24.3 Å². The average molecular weight is 1010 g/mol. The second-order valence-electron chi connectivity index (χ2n) is 17.6. The Labute approximate surface area is 406 Å². The number of nitrogens with two attached hydrogens (primary N) is 3. The molecule has 1 aliphatic rings. The molecule has 0 aliphatic carbocycles. The molecule has 0 spiro atoms. The topological polar surface area (TPSA) is 416 Å². The molecule has 0 saturated carbocycles. The largest absolute Gasteiger partial charge is 0.508 e. The van der Waals surface area contributed by atoms with Crippen molar-refractivity contribution < 1.29 is 66.3 Å². The first kappa shape index (κ1) is 59.3. The fraction of sp³-hybridized carbons (Fsp3) is 0.614. The molecule has 1 aromatic carbocycles. The van der Waals surface area contributed by atoms with Crippen LogP contribution in [-0.2, 0) is 69.0 Å². The third-order valence-electron chi connectivity index (χ3n) is 11.1. The number of phenols is 1. The summed E-state index contributed by atoms with van der Waals surface area (Å²) in [5.74, 6) is -13.3. The summed E-state index contributed by atoms with van der Waals surface area (Å²) in [6, 6.07) is -5.15. The van der Waals surface area contributed by atoms with Crippen LogP contribution in [-0.4, -0.2) is 139 Å². The molecule has 15 N–H and O–H groups in total. The van der Waals surface area contributed by atoms with E-state index < -0.39 is 173 Å². The second-order valence-corrected chi connectivity index (χ2v) is 19.9. The molecular weight excluding hydrogens is 939 g/mol. The minimum absolute atomic E-state index is 0.0363. The van der Waals surface area contributed by atoms with Crippen molar-refractivity contribution >= 4 is 74.8 Å². The highest BCUT2D eigenvalue weighted by molar-refractivity contribution is 7.91. The monoisotopic (exact) mass is 1010 g/mol. The molecular formula is C44H69N11O14S. The minimum atomic E-state index is -4.29. The lowest BCUT2D eigenvalue weighted by molar-refractivity contribution is -0.137. The summed E-state index contributed by atoms with van der Waals surface area (Å²) >= 11 is 0. The molecule has 8 atom stereocenters. The van der Waals surface area contributed by atoms with Gasteiger partial charge in [0.05, 0.1) is 24.5 Å². The van der Waals surface area contributed by atoms with Crippen LogP contribution >= 0.6 is 0 Å². The van der Waals surface area contributed by atoms with E-state index in [1.54, 1.807) is 34.6 Å². The van der Waals surface area contributed by atoms with Gasteiger partial charge in [0.1, 0.15) is 48.0 Å². The molecule has 70 heavy (non-hydrogen) atoms. The molecule has 390 valence electrons. The van der Waals surface area contributed by atoms with Crippen molar-refractivity contribution in [3.05, 3.63) is 29.8 Å². The third kappa shape index (κ3) is 21.2. The van der Waals surface area contributed by atoms with Gasteiger partial charge in [-0.25, -0.2) is 8.42 Å².